The third-order valence-corrected chi connectivity index (χ3v) is 2.09. The smallest absolute Gasteiger partial charge is 0.319 e. The molecular formula is C12H11FN2O2. The molecule has 2 rings (SSSR count). The van der Waals surface area contributed by atoms with E-state index < -0.39 is 11.8 Å². The molecule has 2 N–H and O–H groups in total. The molecule has 2 amide bonds. The van der Waals surface area contributed by atoms with Gasteiger partial charge in [-0.15, -0.1) is 0 Å². The molecule has 2 aromatic rings. The summed E-state index contributed by atoms with van der Waals surface area (Å²) in [6.45, 7) is 0.286. The maximum atomic E-state index is 12.8. The van der Waals surface area contributed by atoms with Crippen molar-refractivity contribution in [3.63, 3.8) is 0 Å². The van der Waals surface area contributed by atoms with Crippen LogP contribution in [0.2, 0.25) is 0 Å². The Morgan fingerprint density at radius 1 is 1.29 bits per heavy atom. The minimum absolute atomic E-state index is 0.286. The van der Waals surface area contributed by atoms with Crippen LogP contribution in [0.25, 0.3) is 0 Å². The second kappa shape index (κ2) is 5.16. The van der Waals surface area contributed by atoms with E-state index in [0.717, 1.165) is 0 Å². The highest BCUT2D eigenvalue weighted by atomic mass is 19.1. The lowest BCUT2D eigenvalue weighted by Crippen LogP contribution is -2.27. The van der Waals surface area contributed by atoms with Crippen LogP contribution in [0.5, 0.6) is 0 Å². The lowest BCUT2D eigenvalue weighted by Gasteiger charge is -2.06. The number of halogens is 1. The Hall–Kier alpha value is -2.30. The van der Waals surface area contributed by atoms with E-state index in [9.17, 15) is 9.18 Å². The number of hydrogen-bond acceptors (Lipinski definition) is 2. The van der Waals surface area contributed by atoms with Crippen LogP contribution in [-0.4, -0.2) is 6.03 Å². The Labute approximate surface area is 97.4 Å². The standard InChI is InChI=1S/C12H11FN2O2/c13-9-3-1-4-10(7-9)15-12(16)14-8-11-5-2-6-17-11/h1-7H,8H2,(H2,14,15,16). The molecule has 0 atom stereocenters. The Bertz CT molecular complexity index is 497. The van der Waals surface area contributed by atoms with Crippen molar-refractivity contribution in [1.82, 2.24) is 5.32 Å². The number of anilines is 1. The highest BCUT2D eigenvalue weighted by molar-refractivity contribution is 5.89. The quantitative estimate of drug-likeness (QED) is 0.857. The molecule has 1 aromatic heterocycles. The molecule has 0 aliphatic rings. The summed E-state index contributed by atoms with van der Waals surface area (Å²) in [7, 11) is 0. The number of rotatable bonds is 3. The Kier molecular flexibility index (Phi) is 3.40. The van der Waals surface area contributed by atoms with E-state index in [-0.39, 0.29) is 6.54 Å². The number of amides is 2. The zero-order chi connectivity index (χ0) is 12.1. The van der Waals surface area contributed by atoms with Crippen molar-refractivity contribution in [1.29, 1.82) is 0 Å². The van der Waals surface area contributed by atoms with Gasteiger partial charge in [0.05, 0.1) is 12.8 Å². The van der Waals surface area contributed by atoms with Gasteiger partial charge in [-0.05, 0) is 30.3 Å². The summed E-state index contributed by atoms with van der Waals surface area (Å²) in [6.07, 6.45) is 1.53. The molecule has 0 unspecified atom stereocenters. The van der Waals surface area contributed by atoms with Gasteiger partial charge in [0.1, 0.15) is 11.6 Å². The average Bonchev–Trinajstić information content (AvgIpc) is 2.79. The number of benzene rings is 1. The molecule has 1 aromatic carbocycles. The summed E-state index contributed by atoms with van der Waals surface area (Å²) in [6, 6.07) is 8.77. The number of carbonyl (C=O) groups is 1. The minimum Gasteiger partial charge on any atom is -0.467 e. The van der Waals surface area contributed by atoms with Gasteiger partial charge in [0.25, 0.3) is 0 Å². The van der Waals surface area contributed by atoms with Crippen LogP contribution in [0.4, 0.5) is 14.9 Å². The number of furan rings is 1. The molecule has 0 radical (unpaired) electrons. The molecule has 1 heterocycles. The summed E-state index contributed by atoms with van der Waals surface area (Å²) >= 11 is 0. The van der Waals surface area contributed by atoms with Crippen molar-refractivity contribution in [3.8, 4) is 0 Å². The van der Waals surface area contributed by atoms with Gasteiger partial charge >= 0.3 is 6.03 Å². The molecule has 0 saturated heterocycles. The normalized spacial score (nSPS) is 9.94. The van der Waals surface area contributed by atoms with Crippen LogP contribution in [-0.2, 0) is 6.54 Å². The van der Waals surface area contributed by atoms with Crippen LogP contribution in [0.1, 0.15) is 5.76 Å². The fraction of sp³-hybridized carbons (Fsp3) is 0.0833. The molecule has 0 bridgehead atoms. The van der Waals surface area contributed by atoms with Crippen LogP contribution < -0.4 is 10.6 Å². The molecule has 17 heavy (non-hydrogen) atoms. The van der Waals surface area contributed by atoms with Crippen molar-refractivity contribution in [3.05, 3.63) is 54.2 Å². The van der Waals surface area contributed by atoms with Gasteiger partial charge in [-0.25, -0.2) is 9.18 Å². The topological polar surface area (TPSA) is 54.3 Å². The first-order valence-corrected chi connectivity index (χ1v) is 5.07. The molecule has 5 heteroatoms. The minimum atomic E-state index is -0.410. The predicted octanol–water partition coefficient (Wildman–Crippen LogP) is 2.74. The van der Waals surface area contributed by atoms with Crippen molar-refractivity contribution in [2.45, 2.75) is 6.54 Å². The fourth-order valence-corrected chi connectivity index (χ4v) is 1.32. The van der Waals surface area contributed by atoms with E-state index in [1.54, 1.807) is 18.2 Å². The highest BCUT2D eigenvalue weighted by Crippen LogP contribution is 2.08. The Morgan fingerprint density at radius 3 is 2.88 bits per heavy atom. The summed E-state index contributed by atoms with van der Waals surface area (Å²) in [5.74, 6) is 0.258. The molecule has 0 fully saturated rings. The van der Waals surface area contributed by atoms with E-state index in [0.29, 0.717) is 11.4 Å². The van der Waals surface area contributed by atoms with E-state index in [4.69, 9.17) is 4.42 Å². The number of urea groups is 1. The van der Waals surface area contributed by atoms with E-state index in [2.05, 4.69) is 10.6 Å². The summed E-state index contributed by atoms with van der Waals surface area (Å²) < 4.78 is 17.9. The molecule has 0 spiro atoms. The van der Waals surface area contributed by atoms with Gasteiger partial charge in [-0.2, -0.15) is 0 Å². The average molecular weight is 234 g/mol. The first-order chi connectivity index (χ1) is 8.24. The van der Waals surface area contributed by atoms with Gasteiger partial charge in [0.15, 0.2) is 0 Å². The van der Waals surface area contributed by atoms with E-state index in [1.807, 2.05) is 0 Å². The van der Waals surface area contributed by atoms with Crippen molar-refractivity contribution in [2.75, 3.05) is 5.32 Å². The Morgan fingerprint density at radius 2 is 2.18 bits per heavy atom. The molecule has 88 valence electrons. The summed E-state index contributed by atoms with van der Waals surface area (Å²) in [4.78, 5) is 11.4. The zero-order valence-corrected chi connectivity index (χ0v) is 8.94. The predicted molar refractivity (Wildman–Crippen MR) is 61.0 cm³/mol. The summed E-state index contributed by atoms with van der Waals surface area (Å²) in [5, 5.41) is 5.10. The van der Waals surface area contributed by atoms with Crippen LogP contribution >= 0.6 is 0 Å². The van der Waals surface area contributed by atoms with Crippen LogP contribution in [0, 0.1) is 5.82 Å². The summed E-state index contributed by atoms with van der Waals surface area (Å²) in [5.41, 5.74) is 0.405. The highest BCUT2D eigenvalue weighted by Gasteiger charge is 2.03. The van der Waals surface area contributed by atoms with Crippen LogP contribution in [0.3, 0.4) is 0 Å². The molecule has 0 aliphatic heterocycles. The van der Waals surface area contributed by atoms with Crippen molar-refractivity contribution >= 4 is 11.7 Å². The largest absolute Gasteiger partial charge is 0.467 e. The van der Waals surface area contributed by atoms with Crippen molar-refractivity contribution < 1.29 is 13.6 Å². The first kappa shape index (κ1) is 11.2. The molecule has 0 aliphatic carbocycles. The fourth-order valence-electron chi connectivity index (χ4n) is 1.32. The van der Waals surface area contributed by atoms with E-state index >= 15 is 0 Å². The van der Waals surface area contributed by atoms with Crippen LogP contribution in [0.15, 0.2) is 47.1 Å². The third-order valence-electron chi connectivity index (χ3n) is 2.09. The van der Waals surface area contributed by atoms with E-state index in [1.165, 1.54) is 24.5 Å². The van der Waals surface area contributed by atoms with Gasteiger partial charge in [0, 0.05) is 5.69 Å². The van der Waals surface area contributed by atoms with Gasteiger partial charge in [-0.3, -0.25) is 0 Å². The molecule has 0 saturated carbocycles. The number of carbonyl (C=O) groups excluding carboxylic acids is 1. The maximum Gasteiger partial charge on any atom is 0.319 e. The van der Waals surface area contributed by atoms with Gasteiger partial charge < -0.3 is 15.1 Å². The SMILES string of the molecule is O=C(NCc1ccco1)Nc1cccc(F)c1. The Balaban J connectivity index is 1.85. The van der Waals surface area contributed by atoms with Gasteiger partial charge in [0.2, 0.25) is 0 Å². The zero-order valence-electron chi connectivity index (χ0n) is 8.94. The van der Waals surface area contributed by atoms with Crippen molar-refractivity contribution in [2.24, 2.45) is 0 Å². The molecular weight excluding hydrogens is 223 g/mol. The molecule has 4 nitrogen and oxygen atoms in total. The number of hydrogen-bond donors (Lipinski definition) is 2. The number of nitrogens with one attached hydrogen (secondary N) is 2. The second-order valence-corrected chi connectivity index (χ2v) is 3.40. The lowest BCUT2D eigenvalue weighted by molar-refractivity contribution is 0.251. The monoisotopic (exact) mass is 234 g/mol. The van der Waals surface area contributed by atoms with Gasteiger partial charge in [-0.1, -0.05) is 6.07 Å². The third kappa shape index (κ3) is 3.34. The first-order valence-electron chi connectivity index (χ1n) is 5.07. The lowest BCUT2D eigenvalue weighted by atomic mass is 10.3. The second-order valence-electron chi connectivity index (χ2n) is 3.40. The maximum absolute atomic E-state index is 12.8.